The molecule has 1 aliphatic rings. The van der Waals surface area contributed by atoms with E-state index in [9.17, 15) is 4.79 Å². The van der Waals surface area contributed by atoms with Gasteiger partial charge in [0.2, 0.25) is 0 Å². The maximum absolute atomic E-state index is 13.1. The molecule has 0 N–H and O–H groups in total. The van der Waals surface area contributed by atoms with Crippen LogP contribution in [0.15, 0.2) is 77.9 Å². The van der Waals surface area contributed by atoms with Gasteiger partial charge in [0, 0.05) is 33.1 Å². The average molecular weight is 472 g/mol. The molecule has 6 nitrogen and oxygen atoms in total. The van der Waals surface area contributed by atoms with Crippen molar-refractivity contribution >= 4 is 22.5 Å². The fourth-order valence-electron chi connectivity index (χ4n) is 4.53. The molecule has 0 fully saturated rings. The van der Waals surface area contributed by atoms with E-state index >= 15 is 0 Å². The molecule has 0 spiro atoms. The first kappa shape index (κ1) is 17.6. The fourth-order valence-corrected chi connectivity index (χ4v) is 4.70. The highest BCUT2D eigenvalue weighted by atomic mass is 35.5. The van der Waals surface area contributed by atoms with Crippen LogP contribution in [0.5, 0.6) is 5.75 Å². The maximum Gasteiger partial charge on any atom is 0.251 e. The van der Waals surface area contributed by atoms with Crippen LogP contribution in [0.3, 0.4) is 0 Å². The minimum absolute atomic E-state index is 0.243. The molecule has 6 bridgehead atoms. The highest BCUT2D eigenvalue weighted by Gasteiger charge is 2.22. The molecule has 6 rings (SSSR count). The molecule has 1 atom stereocenters. The Hall–Kier alpha value is -3.90. The Balaban J connectivity index is 1.73. The third-order valence-corrected chi connectivity index (χ3v) is 6.54. The van der Waals surface area contributed by atoms with Gasteiger partial charge in [0.1, 0.15) is 30.5 Å². The summed E-state index contributed by atoms with van der Waals surface area (Å²) >= 11 is 6.53. The molecule has 5 aromatic rings. The van der Waals surface area contributed by atoms with Gasteiger partial charge in [0.25, 0.3) is 5.56 Å². The van der Waals surface area contributed by atoms with E-state index in [1.807, 2.05) is 61.5 Å². The lowest BCUT2D eigenvalue weighted by Crippen LogP contribution is -2.17. The van der Waals surface area contributed by atoms with E-state index in [0.29, 0.717) is 33.1 Å². The third-order valence-electron chi connectivity index (χ3n) is 6.17. The van der Waals surface area contributed by atoms with Gasteiger partial charge >= 0.3 is 0 Å². The minimum Gasteiger partial charge on any atom is -0.489 e. The van der Waals surface area contributed by atoms with Gasteiger partial charge in [-0.1, -0.05) is 35.9 Å². The van der Waals surface area contributed by atoms with E-state index < -0.39 is 12.5 Å². The topological polar surface area (TPSA) is 61.9 Å². The zero-order chi connectivity index (χ0) is 25.9. The molecule has 0 saturated heterocycles. The Morgan fingerprint density at radius 1 is 1.09 bits per heavy atom. The summed E-state index contributed by atoms with van der Waals surface area (Å²) in [5.41, 5.74) is 3.63. The summed E-state index contributed by atoms with van der Waals surface area (Å²) in [5.74, 6) is 1.22. The smallest absolute Gasteiger partial charge is 0.251 e. The average Bonchev–Trinajstić information content (AvgIpc) is 3.28. The van der Waals surface area contributed by atoms with E-state index in [-0.39, 0.29) is 12.6 Å². The van der Waals surface area contributed by atoms with Gasteiger partial charge in [-0.05, 0) is 65.6 Å². The summed E-state index contributed by atoms with van der Waals surface area (Å²) in [6.45, 7) is -0.582. The Kier molecular flexibility index (Phi) is 4.05. The van der Waals surface area contributed by atoms with Crippen LogP contribution in [0.25, 0.3) is 22.0 Å². The van der Waals surface area contributed by atoms with E-state index in [4.69, 9.17) is 20.5 Å². The number of aryl methyl sites for hydroxylation is 2. The molecule has 0 amide bonds. The van der Waals surface area contributed by atoms with E-state index in [1.54, 1.807) is 17.1 Å². The van der Waals surface area contributed by atoms with Gasteiger partial charge in [-0.3, -0.25) is 4.79 Å². The van der Waals surface area contributed by atoms with Crippen molar-refractivity contribution in [1.82, 2.24) is 19.3 Å². The Bertz CT molecular complexity index is 1740. The second-order valence-corrected chi connectivity index (χ2v) is 8.76. The van der Waals surface area contributed by atoms with Crippen molar-refractivity contribution < 1.29 is 8.85 Å². The lowest BCUT2D eigenvalue weighted by atomic mass is 9.93. The van der Waals surface area contributed by atoms with Gasteiger partial charge in [-0.15, -0.1) is 0 Å². The van der Waals surface area contributed by atoms with Crippen molar-refractivity contribution in [3.05, 3.63) is 111 Å². The molecule has 2 aromatic heterocycles. The summed E-state index contributed by atoms with van der Waals surface area (Å²) in [6, 6.07) is 19.6. The van der Waals surface area contributed by atoms with Crippen LogP contribution in [0.1, 0.15) is 32.7 Å². The lowest BCUT2D eigenvalue weighted by molar-refractivity contribution is 0.306. The number of rotatable bonds is 1. The van der Waals surface area contributed by atoms with Gasteiger partial charge in [0.05, 0.1) is 5.52 Å². The Morgan fingerprint density at radius 3 is 2.76 bits per heavy atom. The number of halogens is 1. The Morgan fingerprint density at radius 2 is 1.94 bits per heavy atom. The fraction of sp³-hybridized carbons (Fsp3) is 0.148. The van der Waals surface area contributed by atoms with Crippen molar-refractivity contribution in [3.63, 3.8) is 0 Å². The van der Waals surface area contributed by atoms with Crippen LogP contribution in [-0.2, 0) is 13.6 Å². The third kappa shape index (κ3) is 3.38. The van der Waals surface area contributed by atoms with Crippen LogP contribution in [0.2, 0.25) is 5.02 Å². The monoisotopic (exact) mass is 471 g/mol. The number of ether oxygens (including phenoxy) is 1. The first-order chi connectivity index (χ1) is 17.7. The summed E-state index contributed by atoms with van der Waals surface area (Å²) in [6.07, 6.45) is 1.67. The predicted octanol–water partition coefficient (Wildman–Crippen LogP) is 5.29. The molecule has 3 aromatic carbocycles. The normalized spacial score (nSPS) is 16.5. The van der Waals surface area contributed by atoms with Gasteiger partial charge in [0.15, 0.2) is 0 Å². The number of aromatic nitrogens is 4. The van der Waals surface area contributed by atoms with Gasteiger partial charge in [-0.2, -0.15) is 5.10 Å². The second-order valence-electron chi connectivity index (χ2n) is 8.35. The summed E-state index contributed by atoms with van der Waals surface area (Å²) < 4.78 is 32.8. The molecule has 0 unspecified atom stereocenters. The predicted molar refractivity (Wildman–Crippen MR) is 132 cm³/mol. The van der Waals surface area contributed by atoms with Crippen LogP contribution in [0, 0.1) is 6.92 Å². The SMILES string of the molecule is [2H]C([2H])([2H])n1c(=O)cc2c3cc(ccc31)[C@H](n1cnc(C)n1)c1ccc(Cl)c(c1)COc1cccc-2c1. The maximum atomic E-state index is 13.1. The summed E-state index contributed by atoms with van der Waals surface area (Å²) in [7, 11) is 0. The zero-order valence-electron chi connectivity index (χ0n) is 21.2. The molecule has 34 heavy (non-hydrogen) atoms. The lowest BCUT2D eigenvalue weighted by Gasteiger charge is -2.21. The number of fused-ring (bicyclic) bond motifs is 6. The van der Waals surface area contributed by atoms with E-state index in [1.165, 1.54) is 6.07 Å². The zero-order valence-corrected chi connectivity index (χ0v) is 19.0. The van der Waals surface area contributed by atoms with Crippen molar-refractivity contribution in [3.8, 4) is 16.9 Å². The first-order valence-electron chi connectivity index (χ1n) is 12.3. The van der Waals surface area contributed by atoms with E-state index in [2.05, 4.69) is 10.1 Å². The highest BCUT2D eigenvalue weighted by molar-refractivity contribution is 6.31. The highest BCUT2D eigenvalue weighted by Crippen LogP contribution is 2.35. The standard InChI is InChI=1S/C27H21ClN4O2/c1-16-29-15-32(30-16)27-18-6-8-24(28)20(10-18)14-34-21-5-3-4-17(11-21)22-13-26(33)31(2)25-9-7-19(27)12-23(22)25/h3-13,15,27H,14H2,1-2H3/t27-/m1/s1/i2D3. The van der Waals surface area contributed by atoms with Crippen molar-refractivity contribution in [2.45, 2.75) is 19.6 Å². The van der Waals surface area contributed by atoms with Crippen LogP contribution in [-0.4, -0.2) is 19.3 Å². The van der Waals surface area contributed by atoms with E-state index in [0.717, 1.165) is 26.8 Å². The van der Waals surface area contributed by atoms with Gasteiger partial charge in [-0.25, -0.2) is 9.67 Å². The van der Waals surface area contributed by atoms with Crippen LogP contribution in [0.4, 0.5) is 0 Å². The number of pyridine rings is 1. The van der Waals surface area contributed by atoms with Crippen molar-refractivity contribution in [2.75, 3.05) is 0 Å². The summed E-state index contributed by atoms with van der Waals surface area (Å²) in [4.78, 5) is 17.4. The minimum atomic E-state index is -2.64. The van der Waals surface area contributed by atoms with Crippen LogP contribution < -0.4 is 10.3 Å². The molecular formula is C27H21ClN4O2. The van der Waals surface area contributed by atoms with Crippen LogP contribution >= 0.6 is 11.6 Å². The quantitative estimate of drug-likeness (QED) is 0.333. The molecule has 7 heteroatoms. The largest absolute Gasteiger partial charge is 0.489 e. The molecule has 0 saturated carbocycles. The summed E-state index contributed by atoms with van der Waals surface area (Å²) in [5, 5.41) is 5.79. The van der Waals surface area contributed by atoms with Gasteiger partial charge < -0.3 is 9.30 Å². The molecule has 1 aliphatic heterocycles. The first-order valence-corrected chi connectivity index (χ1v) is 11.2. The Labute approximate surface area is 205 Å². The number of hydrogen-bond acceptors (Lipinski definition) is 4. The van der Waals surface area contributed by atoms with Crippen molar-refractivity contribution in [1.29, 1.82) is 0 Å². The molecule has 3 heterocycles. The van der Waals surface area contributed by atoms with Crippen molar-refractivity contribution in [2.24, 2.45) is 6.98 Å². The second kappa shape index (κ2) is 7.85. The number of benzene rings is 3. The number of hydrogen-bond donors (Lipinski definition) is 0. The molecule has 168 valence electrons. The molecule has 0 aliphatic carbocycles. The number of nitrogens with zero attached hydrogens (tertiary/aromatic N) is 4. The molecular weight excluding hydrogens is 448 g/mol. The molecule has 0 radical (unpaired) electrons.